The first-order valence-electron chi connectivity index (χ1n) is 10.8. The van der Waals surface area contributed by atoms with Crippen LogP contribution in [0.5, 0.6) is 0 Å². The maximum absolute atomic E-state index is 13.0. The lowest BCUT2D eigenvalue weighted by atomic mass is 10.0. The van der Waals surface area contributed by atoms with E-state index in [2.05, 4.69) is 22.3 Å². The lowest BCUT2D eigenvalue weighted by Gasteiger charge is -2.39. The van der Waals surface area contributed by atoms with Crippen molar-refractivity contribution in [3.05, 3.63) is 66.2 Å². The molecule has 0 unspecified atom stereocenters. The minimum Gasteiger partial charge on any atom is -0.368 e. The standard InChI is InChI=1S/C24H28N4O3/c29-22(27-15-13-26(14-16-27)20-9-5-2-6-10-20)18-21-24(31)25-11-12-28(21)23(30)17-19-7-3-1-4-8-19/h1-10,21H,11-18H2,(H,25,31)/t21-/m1/s1. The van der Waals surface area contributed by atoms with Crippen LogP contribution in [-0.2, 0) is 20.8 Å². The number of nitrogens with one attached hydrogen (secondary N) is 1. The van der Waals surface area contributed by atoms with Gasteiger partial charge in [-0.25, -0.2) is 0 Å². The SMILES string of the molecule is O=C1NCCN(C(=O)Cc2ccccc2)[C@@H]1CC(=O)N1CCN(c2ccccc2)CC1. The lowest BCUT2D eigenvalue weighted by molar-refractivity contribution is -0.146. The number of carbonyl (C=O) groups is 3. The summed E-state index contributed by atoms with van der Waals surface area (Å²) in [6, 6.07) is 18.9. The van der Waals surface area contributed by atoms with E-state index in [4.69, 9.17) is 0 Å². The van der Waals surface area contributed by atoms with Crippen molar-refractivity contribution in [2.75, 3.05) is 44.2 Å². The average Bonchev–Trinajstić information content (AvgIpc) is 2.81. The quantitative estimate of drug-likeness (QED) is 0.791. The van der Waals surface area contributed by atoms with Crippen molar-refractivity contribution >= 4 is 23.4 Å². The summed E-state index contributed by atoms with van der Waals surface area (Å²) in [6.45, 7) is 3.57. The van der Waals surface area contributed by atoms with Gasteiger partial charge in [0.25, 0.3) is 0 Å². The molecule has 0 saturated carbocycles. The van der Waals surface area contributed by atoms with Crippen molar-refractivity contribution in [2.24, 2.45) is 0 Å². The van der Waals surface area contributed by atoms with E-state index in [1.807, 2.05) is 48.5 Å². The Bertz CT molecular complexity index is 911. The van der Waals surface area contributed by atoms with Crippen LogP contribution in [0.2, 0.25) is 0 Å². The topological polar surface area (TPSA) is 73.0 Å². The third kappa shape index (κ3) is 5.05. The predicted molar refractivity (Wildman–Crippen MR) is 119 cm³/mol. The largest absolute Gasteiger partial charge is 0.368 e. The molecule has 1 atom stereocenters. The van der Waals surface area contributed by atoms with Crippen molar-refractivity contribution in [3.8, 4) is 0 Å². The Morgan fingerprint density at radius 3 is 2.16 bits per heavy atom. The van der Waals surface area contributed by atoms with Gasteiger partial charge in [-0.2, -0.15) is 0 Å². The zero-order chi connectivity index (χ0) is 21.6. The fraction of sp³-hybridized carbons (Fsp3) is 0.375. The second-order valence-corrected chi connectivity index (χ2v) is 7.96. The predicted octanol–water partition coefficient (Wildman–Crippen LogP) is 1.29. The number of carbonyl (C=O) groups excluding carboxylic acids is 3. The van der Waals surface area contributed by atoms with Crippen LogP contribution in [0.15, 0.2) is 60.7 Å². The summed E-state index contributed by atoms with van der Waals surface area (Å²) in [5, 5.41) is 2.81. The normalized spacial score (nSPS) is 19.2. The molecule has 2 saturated heterocycles. The summed E-state index contributed by atoms with van der Waals surface area (Å²) in [6.07, 6.45) is 0.256. The summed E-state index contributed by atoms with van der Waals surface area (Å²) in [4.78, 5) is 44.0. The zero-order valence-corrected chi connectivity index (χ0v) is 17.6. The molecule has 0 aliphatic carbocycles. The molecule has 0 aromatic heterocycles. The van der Waals surface area contributed by atoms with Gasteiger partial charge in [0.2, 0.25) is 17.7 Å². The highest BCUT2D eigenvalue weighted by atomic mass is 16.2. The fourth-order valence-electron chi connectivity index (χ4n) is 4.24. The highest BCUT2D eigenvalue weighted by Crippen LogP contribution is 2.18. The number of piperazine rings is 2. The van der Waals surface area contributed by atoms with Crippen LogP contribution in [0.1, 0.15) is 12.0 Å². The number of para-hydroxylation sites is 1. The van der Waals surface area contributed by atoms with Crippen molar-refractivity contribution in [1.82, 2.24) is 15.1 Å². The van der Waals surface area contributed by atoms with Crippen LogP contribution >= 0.6 is 0 Å². The molecular formula is C24H28N4O3. The van der Waals surface area contributed by atoms with Gasteiger partial charge in [-0.1, -0.05) is 48.5 Å². The zero-order valence-electron chi connectivity index (χ0n) is 17.6. The average molecular weight is 421 g/mol. The van der Waals surface area contributed by atoms with Crippen LogP contribution in [0.3, 0.4) is 0 Å². The molecule has 1 N–H and O–H groups in total. The molecule has 2 aliphatic rings. The molecule has 0 spiro atoms. The molecule has 4 rings (SSSR count). The Morgan fingerprint density at radius 2 is 1.48 bits per heavy atom. The van der Waals surface area contributed by atoms with Gasteiger partial charge in [0.05, 0.1) is 12.8 Å². The second-order valence-electron chi connectivity index (χ2n) is 7.96. The first-order chi connectivity index (χ1) is 15.1. The molecule has 2 aromatic rings. The van der Waals surface area contributed by atoms with Crippen LogP contribution in [0.25, 0.3) is 0 Å². The van der Waals surface area contributed by atoms with Gasteiger partial charge in [0.15, 0.2) is 0 Å². The number of rotatable bonds is 5. The lowest BCUT2D eigenvalue weighted by Crippen LogP contribution is -2.59. The Hall–Kier alpha value is -3.35. The van der Waals surface area contributed by atoms with Crippen molar-refractivity contribution < 1.29 is 14.4 Å². The Morgan fingerprint density at radius 1 is 0.839 bits per heavy atom. The number of amides is 3. The Kier molecular flexibility index (Phi) is 6.50. The molecule has 2 aliphatic heterocycles. The third-order valence-electron chi connectivity index (χ3n) is 5.97. The molecule has 2 fully saturated rings. The second kappa shape index (κ2) is 9.64. The Balaban J connectivity index is 1.36. The number of hydrogen-bond acceptors (Lipinski definition) is 4. The van der Waals surface area contributed by atoms with Gasteiger partial charge in [0, 0.05) is 45.0 Å². The summed E-state index contributed by atoms with van der Waals surface area (Å²) in [7, 11) is 0. The van der Waals surface area contributed by atoms with E-state index < -0.39 is 6.04 Å². The molecule has 0 bridgehead atoms. The molecule has 0 radical (unpaired) electrons. The van der Waals surface area contributed by atoms with Gasteiger partial charge in [-0.15, -0.1) is 0 Å². The van der Waals surface area contributed by atoms with E-state index in [9.17, 15) is 14.4 Å². The summed E-state index contributed by atoms with van der Waals surface area (Å²) >= 11 is 0. The van der Waals surface area contributed by atoms with Crippen LogP contribution < -0.4 is 10.2 Å². The van der Waals surface area contributed by atoms with Crippen LogP contribution in [0.4, 0.5) is 5.69 Å². The third-order valence-corrected chi connectivity index (χ3v) is 5.97. The maximum atomic E-state index is 13.0. The number of nitrogens with zero attached hydrogens (tertiary/aromatic N) is 3. The number of benzene rings is 2. The van der Waals surface area contributed by atoms with Gasteiger partial charge < -0.3 is 20.0 Å². The van der Waals surface area contributed by atoms with E-state index >= 15 is 0 Å². The van der Waals surface area contributed by atoms with Crippen LogP contribution in [0, 0.1) is 0 Å². The van der Waals surface area contributed by atoms with E-state index in [-0.39, 0.29) is 30.6 Å². The highest BCUT2D eigenvalue weighted by Gasteiger charge is 2.36. The Labute approximate surface area is 182 Å². The molecular weight excluding hydrogens is 392 g/mol. The first-order valence-corrected chi connectivity index (χ1v) is 10.8. The molecule has 7 heteroatoms. The molecule has 31 heavy (non-hydrogen) atoms. The summed E-state index contributed by atoms with van der Waals surface area (Å²) in [5.41, 5.74) is 2.06. The van der Waals surface area contributed by atoms with Crippen molar-refractivity contribution in [3.63, 3.8) is 0 Å². The maximum Gasteiger partial charge on any atom is 0.243 e. The van der Waals surface area contributed by atoms with E-state index in [1.165, 1.54) is 0 Å². The number of anilines is 1. The molecule has 162 valence electrons. The van der Waals surface area contributed by atoms with E-state index in [0.717, 1.165) is 24.3 Å². The first kappa shape index (κ1) is 20.9. The molecule has 3 amide bonds. The van der Waals surface area contributed by atoms with E-state index in [0.29, 0.717) is 26.2 Å². The smallest absolute Gasteiger partial charge is 0.243 e. The molecule has 2 aromatic carbocycles. The summed E-state index contributed by atoms with van der Waals surface area (Å²) < 4.78 is 0. The monoisotopic (exact) mass is 420 g/mol. The minimum atomic E-state index is -0.746. The van der Waals surface area contributed by atoms with Crippen molar-refractivity contribution in [2.45, 2.75) is 18.9 Å². The van der Waals surface area contributed by atoms with E-state index in [1.54, 1.807) is 9.80 Å². The van der Waals surface area contributed by atoms with Crippen molar-refractivity contribution in [1.29, 1.82) is 0 Å². The van der Waals surface area contributed by atoms with Crippen LogP contribution in [-0.4, -0.2) is 72.8 Å². The minimum absolute atomic E-state index is 0.0255. The molecule has 7 nitrogen and oxygen atoms in total. The summed E-state index contributed by atoms with van der Waals surface area (Å²) in [5.74, 6) is -0.441. The number of hydrogen-bond donors (Lipinski definition) is 1. The van der Waals surface area contributed by atoms with Gasteiger partial charge in [0.1, 0.15) is 6.04 Å². The van der Waals surface area contributed by atoms with Gasteiger partial charge in [-0.05, 0) is 17.7 Å². The van der Waals surface area contributed by atoms with Gasteiger partial charge in [-0.3, -0.25) is 14.4 Å². The van der Waals surface area contributed by atoms with Gasteiger partial charge >= 0.3 is 0 Å². The highest BCUT2D eigenvalue weighted by molar-refractivity contribution is 5.93. The molecule has 2 heterocycles. The fourth-order valence-corrected chi connectivity index (χ4v) is 4.24.